The number of nitrogens with zero attached hydrogens (tertiary/aromatic N) is 2. The van der Waals surface area contributed by atoms with Gasteiger partial charge in [-0.05, 0) is 36.1 Å². The quantitative estimate of drug-likeness (QED) is 0.813. The summed E-state index contributed by atoms with van der Waals surface area (Å²) in [6, 6.07) is 15.0. The third-order valence-electron chi connectivity index (χ3n) is 5.68. The Balaban J connectivity index is 1.44. The molecule has 0 bridgehead atoms. The second-order valence-corrected chi connectivity index (χ2v) is 7.22. The van der Waals surface area contributed by atoms with Crippen LogP contribution in [0.25, 0.3) is 0 Å². The first-order chi connectivity index (χ1) is 11.9. The molecule has 0 unspecified atom stereocenters. The minimum Gasteiger partial charge on any atom is -0.470 e. The molecule has 2 heterocycles. The van der Waals surface area contributed by atoms with Crippen molar-refractivity contribution in [3.63, 3.8) is 0 Å². The first-order valence-corrected chi connectivity index (χ1v) is 9.18. The summed E-state index contributed by atoms with van der Waals surface area (Å²) in [7, 11) is 0. The SMILES string of the molecule is c1cc(C2=N[C@H]3c4ccccc4C[C@H]3O2)nc(C2CCCCC2)c1. The Kier molecular flexibility index (Phi) is 3.39. The maximum Gasteiger partial charge on any atom is 0.236 e. The summed E-state index contributed by atoms with van der Waals surface area (Å²) in [6.45, 7) is 0. The molecule has 3 nitrogen and oxygen atoms in total. The van der Waals surface area contributed by atoms with Gasteiger partial charge in [0.2, 0.25) is 5.90 Å². The van der Waals surface area contributed by atoms with Gasteiger partial charge in [-0.3, -0.25) is 0 Å². The lowest BCUT2D eigenvalue weighted by molar-refractivity contribution is 0.206. The van der Waals surface area contributed by atoms with Crippen molar-refractivity contribution in [2.75, 3.05) is 0 Å². The van der Waals surface area contributed by atoms with Gasteiger partial charge in [0.05, 0.1) is 0 Å². The fourth-order valence-corrected chi connectivity index (χ4v) is 4.42. The number of ether oxygens (including phenoxy) is 1. The van der Waals surface area contributed by atoms with Crippen molar-refractivity contribution >= 4 is 5.90 Å². The lowest BCUT2D eigenvalue weighted by atomic mass is 9.86. The number of pyridine rings is 1. The van der Waals surface area contributed by atoms with Gasteiger partial charge in [0.1, 0.15) is 17.8 Å². The molecule has 0 radical (unpaired) electrons. The topological polar surface area (TPSA) is 34.5 Å². The zero-order valence-electron chi connectivity index (χ0n) is 13.8. The molecule has 1 fully saturated rings. The molecular formula is C21H22N2O. The van der Waals surface area contributed by atoms with Gasteiger partial charge in [0.25, 0.3) is 0 Å². The Bertz CT molecular complexity index is 792. The van der Waals surface area contributed by atoms with E-state index in [-0.39, 0.29) is 12.1 Å². The molecule has 2 atom stereocenters. The van der Waals surface area contributed by atoms with E-state index in [9.17, 15) is 0 Å². The molecule has 0 amide bonds. The van der Waals surface area contributed by atoms with Crippen molar-refractivity contribution in [3.8, 4) is 0 Å². The van der Waals surface area contributed by atoms with Crippen LogP contribution < -0.4 is 0 Å². The van der Waals surface area contributed by atoms with Crippen LogP contribution in [0.3, 0.4) is 0 Å². The zero-order chi connectivity index (χ0) is 15.9. The van der Waals surface area contributed by atoms with Gasteiger partial charge in [-0.2, -0.15) is 0 Å². The highest BCUT2D eigenvalue weighted by Crippen LogP contribution is 2.40. The van der Waals surface area contributed by atoms with Crippen LogP contribution >= 0.6 is 0 Å². The minimum atomic E-state index is 0.149. The van der Waals surface area contributed by atoms with Gasteiger partial charge in [0, 0.05) is 18.0 Å². The van der Waals surface area contributed by atoms with Crippen molar-refractivity contribution < 1.29 is 4.74 Å². The highest BCUT2D eigenvalue weighted by Gasteiger charge is 2.39. The molecule has 2 aromatic rings. The zero-order valence-corrected chi connectivity index (χ0v) is 13.8. The number of aromatic nitrogens is 1. The maximum atomic E-state index is 6.18. The number of hydrogen-bond donors (Lipinski definition) is 0. The monoisotopic (exact) mass is 318 g/mol. The predicted molar refractivity (Wildman–Crippen MR) is 94.4 cm³/mol. The van der Waals surface area contributed by atoms with Gasteiger partial charge < -0.3 is 4.74 Å². The summed E-state index contributed by atoms with van der Waals surface area (Å²) < 4.78 is 6.18. The molecule has 122 valence electrons. The maximum absolute atomic E-state index is 6.18. The summed E-state index contributed by atoms with van der Waals surface area (Å²) in [5.74, 6) is 1.35. The summed E-state index contributed by atoms with van der Waals surface area (Å²) >= 11 is 0. The fraction of sp³-hybridized carbons (Fsp3) is 0.429. The number of fused-ring (bicyclic) bond motifs is 3. The van der Waals surface area contributed by atoms with Gasteiger partial charge in [-0.1, -0.05) is 49.6 Å². The Hall–Kier alpha value is -2.16. The third kappa shape index (κ3) is 2.34. The lowest BCUT2D eigenvalue weighted by Crippen LogP contribution is -2.15. The first kappa shape index (κ1) is 14.2. The Morgan fingerprint density at radius 2 is 1.79 bits per heavy atom. The Morgan fingerprint density at radius 3 is 2.71 bits per heavy atom. The van der Waals surface area contributed by atoms with Crippen LogP contribution in [0.4, 0.5) is 0 Å². The van der Waals surface area contributed by atoms with E-state index in [1.807, 2.05) is 6.07 Å². The van der Waals surface area contributed by atoms with E-state index in [0.29, 0.717) is 5.92 Å². The highest BCUT2D eigenvalue weighted by atomic mass is 16.5. The molecule has 3 heteroatoms. The Morgan fingerprint density at radius 1 is 0.917 bits per heavy atom. The largest absolute Gasteiger partial charge is 0.470 e. The third-order valence-corrected chi connectivity index (χ3v) is 5.68. The number of rotatable bonds is 2. The molecule has 1 aromatic heterocycles. The molecule has 1 saturated carbocycles. The molecule has 1 aliphatic heterocycles. The fourth-order valence-electron chi connectivity index (χ4n) is 4.42. The summed E-state index contributed by atoms with van der Waals surface area (Å²) in [4.78, 5) is 9.79. The minimum absolute atomic E-state index is 0.149. The molecule has 0 N–H and O–H groups in total. The number of hydrogen-bond acceptors (Lipinski definition) is 3. The van der Waals surface area contributed by atoms with Gasteiger partial charge >= 0.3 is 0 Å². The second-order valence-electron chi connectivity index (χ2n) is 7.22. The van der Waals surface area contributed by atoms with Crippen molar-refractivity contribution in [2.24, 2.45) is 4.99 Å². The van der Waals surface area contributed by atoms with Crippen LogP contribution in [0.2, 0.25) is 0 Å². The van der Waals surface area contributed by atoms with Crippen molar-refractivity contribution in [1.82, 2.24) is 4.98 Å². The van der Waals surface area contributed by atoms with Gasteiger partial charge in [0.15, 0.2) is 0 Å². The second kappa shape index (κ2) is 5.73. The van der Waals surface area contributed by atoms with E-state index < -0.39 is 0 Å². The predicted octanol–water partition coefficient (Wildman–Crippen LogP) is 4.57. The number of aliphatic imine (C=N–C) groups is 1. The lowest BCUT2D eigenvalue weighted by Gasteiger charge is -2.21. The van der Waals surface area contributed by atoms with E-state index in [1.165, 1.54) is 48.9 Å². The van der Waals surface area contributed by atoms with Gasteiger partial charge in [-0.25, -0.2) is 9.98 Å². The Labute approximate surface area is 142 Å². The van der Waals surface area contributed by atoms with E-state index in [1.54, 1.807) is 0 Å². The summed E-state index contributed by atoms with van der Waals surface area (Å²) in [5, 5.41) is 0. The van der Waals surface area contributed by atoms with Crippen molar-refractivity contribution in [1.29, 1.82) is 0 Å². The van der Waals surface area contributed by atoms with Crippen LogP contribution in [0.1, 0.15) is 66.6 Å². The van der Waals surface area contributed by atoms with E-state index >= 15 is 0 Å². The highest BCUT2D eigenvalue weighted by molar-refractivity contribution is 5.94. The van der Waals surface area contributed by atoms with Crippen LogP contribution in [0, 0.1) is 0 Å². The van der Waals surface area contributed by atoms with Crippen molar-refractivity contribution in [2.45, 2.75) is 56.6 Å². The standard InChI is InChI=1S/C21H22N2O/c1-2-7-14(8-3-1)17-11-6-12-18(22-17)21-23-20-16-10-5-4-9-15(16)13-19(20)24-21/h4-6,9-12,14,19-20H,1-3,7-8,13H2/t19-,20+/m1/s1. The van der Waals surface area contributed by atoms with E-state index in [0.717, 1.165) is 18.0 Å². The number of benzene rings is 1. The average molecular weight is 318 g/mol. The first-order valence-electron chi connectivity index (χ1n) is 9.18. The molecule has 24 heavy (non-hydrogen) atoms. The smallest absolute Gasteiger partial charge is 0.236 e. The van der Waals surface area contributed by atoms with Crippen LogP contribution in [0.5, 0.6) is 0 Å². The average Bonchev–Trinajstić information content (AvgIpc) is 3.21. The van der Waals surface area contributed by atoms with Crippen molar-refractivity contribution in [3.05, 3.63) is 65.0 Å². The molecule has 2 aliphatic carbocycles. The molecule has 1 aromatic carbocycles. The normalized spacial score (nSPS) is 25.8. The molecule has 0 spiro atoms. The van der Waals surface area contributed by atoms with Crippen LogP contribution in [-0.2, 0) is 11.2 Å². The molecular weight excluding hydrogens is 296 g/mol. The molecule has 5 rings (SSSR count). The summed E-state index contributed by atoms with van der Waals surface area (Å²) in [5.41, 5.74) is 4.82. The van der Waals surface area contributed by atoms with Crippen LogP contribution in [-0.4, -0.2) is 17.0 Å². The summed E-state index contributed by atoms with van der Waals surface area (Å²) in [6.07, 6.45) is 7.66. The van der Waals surface area contributed by atoms with Gasteiger partial charge in [-0.15, -0.1) is 0 Å². The molecule has 0 saturated heterocycles. The van der Waals surface area contributed by atoms with Crippen LogP contribution in [0.15, 0.2) is 47.5 Å². The molecule has 3 aliphatic rings. The van der Waals surface area contributed by atoms with E-state index in [2.05, 4.69) is 36.4 Å². The van der Waals surface area contributed by atoms with E-state index in [4.69, 9.17) is 14.7 Å².